The molecule has 0 radical (unpaired) electrons. The van der Waals surface area contributed by atoms with Crippen molar-refractivity contribution in [3.8, 4) is 5.69 Å². The van der Waals surface area contributed by atoms with E-state index in [9.17, 15) is 9.59 Å². The van der Waals surface area contributed by atoms with Gasteiger partial charge in [0.1, 0.15) is 11.3 Å². The van der Waals surface area contributed by atoms with E-state index in [1.807, 2.05) is 50.1 Å². The lowest BCUT2D eigenvalue weighted by atomic mass is 10.0. The summed E-state index contributed by atoms with van der Waals surface area (Å²) >= 11 is 13.0. The number of amides is 1. The molecule has 3 atom stereocenters. The second-order valence-electron chi connectivity index (χ2n) is 11.6. The SMILES string of the molecule is CC(C)(C)OC(=O)c1ccc(N2C(=O)[C@@H]3C[C@H]2C[C@H]3OCc2c(C3CC3)cnn2-c2c(Cl)cccc2Cl)cc1. The quantitative estimate of drug-likeness (QED) is 0.296. The number of halogens is 2. The van der Waals surface area contributed by atoms with Crippen molar-refractivity contribution in [2.75, 3.05) is 4.90 Å². The third kappa shape index (κ3) is 5.08. The molecule has 1 aromatic heterocycles. The molecule has 7 nitrogen and oxygen atoms in total. The van der Waals surface area contributed by atoms with Crippen LogP contribution in [0.3, 0.4) is 0 Å². The molecular formula is C30H31Cl2N3O4. The van der Waals surface area contributed by atoms with Crippen molar-refractivity contribution in [2.45, 2.75) is 76.7 Å². The molecule has 0 unspecified atom stereocenters. The maximum Gasteiger partial charge on any atom is 0.338 e. The smallest absolute Gasteiger partial charge is 0.338 e. The van der Waals surface area contributed by atoms with E-state index in [0.717, 1.165) is 42.6 Å². The van der Waals surface area contributed by atoms with Gasteiger partial charge in [-0.1, -0.05) is 29.3 Å². The van der Waals surface area contributed by atoms with Crippen LogP contribution in [0.1, 0.15) is 74.0 Å². The minimum atomic E-state index is -0.564. The standard InChI is InChI=1S/C30H31Cl2N3O4/c1-30(2,3)39-29(37)18-9-11-19(12-10-18)34-20-13-21(28(34)36)26(14-20)38-16-25-22(17-7-8-17)15-33-35(25)27-23(31)5-4-6-24(27)32/h4-6,9-12,15,17,20-21,26H,7-8,13-14,16H2,1-3H3/t20-,21+,26+/m0/s1. The zero-order valence-corrected chi connectivity index (χ0v) is 23.7. The summed E-state index contributed by atoms with van der Waals surface area (Å²) in [5, 5.41) is 5.68. The summed E-state index contributed by atoms with van der Waals surface area (Å²) in [7, 11) is 0. The molecule has 39 heavy (non-hydrogen) atoms. The van der Waals surface area contributed by atoms with Gasteiger partial charge in [0.15, 0.2) is 0 Å². The Morgan fingerprint density at radius 1 is 1.05 bits per heavy atom. The summed E-state index contributed by atoms with van der Waals surface area (Å²) in [6.07, 6.45) is 5.49. The fraction of sp³-hybridized carbons (Fsp3) is 0.433. The van der Waals surface area contributed by atoms with E-state index in [2.05, 4.69) is 5.10 Å². The monoisotopic (exact) mass is 567 g/mol. The van der Waals surface area contributed by atoms with Crippen molar-refractivity contribution in [1.29, 1.82) is 0 Å². The van der Waals surface area contributed by atoms with Gasteiger partial charge in [-0.2, -0.15) is 5.10 Å². The molecule has 204 valence electrons. The highest BCUT2D eigenvalue weighted by Gasteiger charge is 2.52. The van der Waals surface area contributed by atoms with Crippen LogP contribution in [0.15, 0.2) is 48.7 Å². The average Bonchev–Trinajstić information content (AvgIpc) is 3.38. The third-order valence-corrected chi connectivity index (χ3v) is 8.29. The Labute approximate surface area is 238 Å². The minimum absolute atomic E-state index is 0.0608. The number of nitrogens with zero attached hydrogens (tertiary/aromatic N) is 3. The second kappa shape index (κ2) is 9.95. The third-order valence-electron chi connectivity index (χ3n) is 7.68. The molecule has 1 saturated heterocycles. The maximum atomic E-state index is 13.4. The number of hydrogen-bond donors (Lipinski definition) is 0. The normalized spacial score (nSPS) is 22.5. The number of carbonyl (C=O) groups is 2. The molecule has 2 aromatic carbocycles. The van der Waals surface area contributed by atoms with Crippen LogP contribution in [-0.2, 0) is 20.9 Å². The van der Waals surface area contributed by atoms with E-state index >= 15 is 0 Å². The van der Waals surface area contributed by atoms with Crippen molar-refractivity contribution in [3.05, 3.63) is 75.5 Å². The molecule has 3 aliphatic rings. The first-order valence-corrected chi connectivity index (χ1v) is 14.2. The summed E-state index contributed by atoms with van der Waals surface area (Å²) in [5.74, 6) is -0.0457. The second-order valence-corrected chi connectivity index (χ2v) is 12.5. The number of benzene rings is 2. The van der Waals surface area contributed by atoms with Crippen molar-refractivity contribution in [1.82, 2.24) is 9.78 Å². The minimum Gasteiger partial charge on any atom is -0.456 e. The number of aromatic nitrogens is 2. The molecule has 0 N–H and O–H groups in total. The largest absolute Gasteiger partial charge is 0.456 e. The van der Waals surface area contributed by atoms with Gasteiger partial charge >= 0.3 is 5.97 Å². The molecule has 6 rings (SSSR count). The first-order chi connectivity index (χ1) is 18.6. The summed E-state index contributed by atoms with van der Waals surface area (Å²) < 4.78 is 13.7. The van der Waals surface area contributed by atoms with Crippen LogP contribution in [0, 0.1) is 5.92 Å². The number of esters is 1. The number of ether oxygens (including phenoxy) is 2. The Morgan fingerprint density at radius 3 is 2.36 bits per heavy atom. The van der Waals surface area contributed by atoms with E-state index in [1.165, 1.54) is 0 Å². The predicted octanol–water partition coefficient (Wildman–Crippen LogP) is 6.72. The van der Waals surface area contributed by atoms with E-state index in [1.54, 1.807) is 28.9 Å². The molecule has 3 fully saturated rings. The molecule has 2 aliphatic carbocycles. The number of fused-ring (bicyclic) bond motifs is 2. The summed E-state index contributed by atoms with van der Waals surface area (Å²) in [6.45, 7) is 5.84. The highest BCUT2D eigenvalue weighted by molar-refractivity contribution is 6.37. The van der Waals surface area contributed by atoms with Crippen LogP contribution < -0.4 is 4.90 Å². The van der Waals surface area contributed by atoms with E-state index in [-0.39, 0.29) is 29.9 Å². The first kappa shape index (κ1) is 26.4. The van der Waals surface area contributed by atoms with Crippen molar-refractivity contribution >= 4 is 40.8 Å². The van der Waals surface area contributed by atoms with Gasteiger partial charge in [-0.15, -0.1) is 0 Å². The van der Waals surface area contributed by atoms with Gasteiger partial charge in [-0.05, 0) is 94.3 Å². The first-order valence-electron chi connectivity index (χ1n) is 13.4. The molecule has 1 aliphatic heterocycles. The number of anilines is 1. The molecule has 9 heteroatoms. The van der Waals surface area contributed by atoms with E-state index in [4.69, 9.17) is 32.7 Å². The van der Waals surface area contributed by atoms with Gasteiger partial charge < -0.3 is 14.4 Å². The highest BCUT2D eigenvalue weighted by Crippen LogP contribution is 2.45. The van der Waals surface area contributed by atoms with E-state index in [0.29, 0.717) is 33.8 Å². The summed E-state index contributed by atoms with van der Waals surface area (Å²) in [4.78, 5) is 27.6. The Hall–Kier alpha value is -2.87. The van der Waals surface area contributed by atoms with Crippen LogP contribution in [0.5, 0.6) is 0 Å². The van der Waals surface area contributed by atoms with Gasteiger partial charge in [0, 0.05) is 11.7 Å². The fourth-order valence-electron chi connectivity index (χ4n) is 5.76. The van der Waals surface area contributed by atoms with Crippen LogP contribution in [0.25, 0.3) is 5.69 Å². The van der Waals surface area contributed by atoms with E-state index < -0.39 is 5.60 Å². The van der Waals surface area contributed by atoms with Crippen LogP contribution >= 0.6 is 23.2 Å². The van der Waals surface area contributed by atoms with Crippen molar-refractivity contribution in [2.24, 2.45) is 5.92 Å². The summed E-state index contributed by atoms with van der Waals surface area (Å²) in [6, 6.07) is 12.6. The van der Waals surface area contributed by atoms with Crippen LogP contribution in [-0.4, -0.2) is 39.4 Å². The zero-order valence-electron chi connectivity index (χ0n) is 22.2. The summed E-state index contributed by atoms with van der Waals surface area (Å²) in [5.41, 5.74) is 3.45. The number of hydrogen-bond acceptors (Lipinski definition) is 5. The molecule has 2 heterocycles. The molecule has 2 saturated carbocycles. The van der Waals surface area contributed by atoms with Gasteiger partial charge in [0.25, 0.3) is 0 Å². The Kier molecular flexibility index (Phi) is 6.72. The predicted molar refractivity (Wildman–Crippen MR) is 150 cm³/mol. The molecular weight excluding hydrogens is 537 g/mol. The van der Waals surface area contributed by atoms with Crippen molar-refractivity contribution in [3.63, 3.8) is 0 Å². The molecule has 0 spiro atoms. The fourth-order valence-corrected chi connectivity index (χ4v) is 6.31. The van der Waals surface area contributed by atoms with Crippen LogP contribution in [0.4, 0.5) is 5.69 Å². The number of piperidine rings is 1. The molecule has 3 aromatic rings. The topological polar surface area (TPSA) is 73.7 Å². The molecule has 1 amide bonds. The van der Waals surface area contributed by atoms with Gasteiger partial charge in [0.05, 0.1) is 46.1 Å². The lowest BCUT2D eigenvalue weighted by molar-refractivity contribution is -0.126. The van der Waals surface area contributed by atoms with Crippen LogP contribution in [0.2, 0.25) is 10.0 Å². The maximum absolute atomic E-state index is 13.4. The van der Waals surface area contributed by atoms with Crippen molar-refractivity contribution < 1.29 is 19.1 Å². The highest BCUT2D eigenvalue weighted by atomic mass is 35.5. The Balaban J connectivity index is 1.16. The van der Waals surface area contributed by atoms with Gasteiger partial charge in [-0.3, -0.25) is 4.79 Å². The average molecular weight is 569 g/mol. The zero-order chi connectivity index (χ0) is 27.5. The molecule has 2 bridgehead atoms. The lowest BCUT2D eigenvalue weighted by Gasteiger charge is -2.31. The number of rotatable bonds is 7. The number of carbonyl (C=O) groups excluding carboxylic acids is 2. The van der Waals surface area contributed by atoms with Gasteiger partial charge in [0.2, 0.25) is 5.91 Å². The Morgan fingerprint density at radius 2 is 1.74 bits per heavy atom. The van der Waals surface area contributed by atoms with Gasteiger partial charge in [-0.25, -0.2) is 9.48 Å². The Bertz CT molecular complexity index is 1400. The lowest BCUT2D eigenvalue weighted by Crippen LogP contribution is -2.43. The number of para-hydroxylation sites is 1.